The summed E-state index contributed by atoms with van der Waals surface area (Å²) >= 11 is 6.34. The molecule has 4 aliphatic rings. The first-order chi connectivity index (χ1) is 23.5. The van der Waals surface area contributed by atoms with Crippen molar-refractivity contribution in [2.75, 3.05) is 19.1 Å². The normalized spacial score (nSPS) is 27.6. The molecule has 3 aromatic rings. The lowest BCUT2D eigenvalue weighted by Gasteiger charge is -2.49. The van der Waals surface area contributed by atoms with E-state index in [0.29, 0.717) is 32.3 Å². The fourth-order valence-corrected chi connectivity index (χ4v) is 8.61. The Morgan fingerprint density at radius 2 is 1.63 bits per heavy atom. The van der Waals surface area contributed by atoms with Crippen molar-refractivity contribution in [1.29, 1.82) is 0 Å². The number of allylic oxidation sites excluding steroid dienone is 3. The second-order valence-electron chi connectivity index (χ2n) is 12.6. The van der Waals surface area contributed by atoms with Gasteiger partial charge in [0.2, 0.25) is 29.4 Å². The smallest absolute Gasteiger partial charge is 0.328 e. The number of hydrogen-bond acceptors (Lipinski definition) is 8. The van der Waals surface area contributed by atoms with Gasteiger partial charge in [-0.25, -0.2) is 9.69 Å². The van der Waals surface area contributed by atoms with Gasteiger partial charge in [0, 0.05) is 10.9 Å². The number of primary amides is 1. The minimum absolute atomic E-state index is 0.0698. The van der Waals surface area contributed by atoms with Crippen LogP contribution in [0.3, 0.4) is 0 Å². The number of phenolic OH excluding ortho intramolecular Hbond substituents is 1. The highest BCUT2D eigenvalue weighted by molar-refractivity contribution is 6.32. The summed E-state index contributed by atoms with van der Waals surface area (Å²) in [6, 6.07) is 17.6. The van der Waals surface area contributed by atoms with Crippen molar-refractivity contribution < 1.29 is 38.6 Å². The number of hydrogen-bond donors (Lipinski definition) is 2. The van der Waals surface area contributed by atoms with E-state index < -0.39 is 64.7 Å². The van der Waals surface area contributed by atoms with Crippen LogP contribution >= 0.6 is 11.6 Å². The van der Waals surface area contributed by atoms with Crippen LogP contribution in [0.1, 0.15) is 24.0 Å². The number of imide groups is 4. The molecule has 2 saturated heterocycles. The highest BCUT2D eigenvalue weighted by atomic mass is 35.5. The third-order valence-electron chi connectivity index (χ3n) is 10.4. The second-order valence-corrected chi connectivity index (χ2v) is 13.1. The number of benzene rings is 3. The number of phenols is 1. The van der Waals surface area contributed by atoms with Gasteiger partial charge in [0.05, 0.1) is 43.1 Å². The molecule has 6 amide bonds. The molecule has 3 aromatic carbocycles. The highest BCUT2D eigenvalue weighted by Gasteiger charge is 2.69. The Morgan fingerprint density at radius 1 is 0.939 bits per heavy atom. The molecular formula is C37H32ClN3O8. The minimum Gasteiger partial charge on any atom is -0.502 e. The average Bonchev–Trinajstić information content (AvgIpc) is 3.49. The van der Waals surface area contributed by atoms with Gasteiger partial charge < -0.3 is 20.3 Å². The Bertz CT molecular complexity index is 1970. The number of anilines is 1. The number of halogens is 1. The van der Waals surface area contributed by atoms with E-state index in [9.17, 15) is 24.3 Å². The summed E-state index contributed by atoms with van der Waals surface area (Å²) in [5.74, 6) is -6.34. The summed E-state index contributed by atoms with van der Waals surface area (Å²) in [6.07, 6.45) is 5.66. The molecule has 0 radical (unpaired) electrons. The molecule has 2 heterocycles. The van der Waals surface area contributed by atoms with Gasteiger partial charge in [-0.15, -0.1) is 0 Å². The molecule has 7 rings (SSSR count). The Labute approximate surface area is 286 Å². The van der Waals surface area contributed by atoms with Gasteiger partial charge >= 0.3 is 6.03 Å². The number of ether oxygens (including phenoxy) is 2. The van der Waals surface area contributed by atoms with Crippen molar-refractivity contribution in [1.82, 2.24) is 4.90 Å². The van der Waals surface area contributed by atoms with Gasteiger partial charge in [0.15, 0.2) is 11.5 Å². The molecule has 2 aliphatic carbocycles. The maximum absolute atomic E-state index is 15.1. The lowest BCUT2D eigenvalue weighted by Crippen LogP contribution is -2.54. The summed E-state index contributed by atoms with van der Waals surface area (Å²) in [5, 5.41) is 10.9. The van der Waals surface area contributed by atoms with Crippen molar-refractivity contribution in [2.45, 2.75) is 18.3 Å². The third-order valence-corrected chi connectivity index (χ3v) is 10.7. The van der Waals surface area contributed by atoms with Crippen LogP contribution in [0, 0.1) is 29.6 Å². The molecule has 49 heavy (non-hydrogen) atoms. The first-order valence-electron chi connectivity index (χ1n) is 15.7. The second kappa shape index (κ2) is 11.9. The molecule has 12 heteroatoms. The zero-order valence-electron chi connectivity index (χ0n) is 26.5. The van der Waals surface area contributed by atoms with E-state index in [0.717, 1.165) is 0 Å². The van der Waals surface area contributed by atoms with Crippen molar-refractivity contribution in [3.05, 3.63) is 101 Å². The highest BCUT2D eigenvalue weighted by Crippen LogP contribution is 2.62. The van der Waals surface area contributed by atoms with E-state index in [-0.39, 0.29) is 30.1 Å². The van der Waals surface area contributed by atoms with Crippen LogP contribution in [0.15, 0.2) is 84.5 Å². The summed E-state index contributed by atoms with van der Waals surface area (Å²) < 4.78 is 10.7. The predicted octanol–water partition coefficient (Wildman–Crippen LogP) is 4.85. The number of likely N-dealkylation sites (tertiary alicyclic amines) is 1. The Morgan fingerprint density at radius 3 is 2.27 bits per heavy atom. The number of aromatic hydroxyl groups is 1. The number of rotatable bonds is 6. The molecule has 250 valence electrons. The molecule has 0 unspecified atom stereocenters. The summed E-state index contributed by atoms with van der Waals surface area (Å²) in [7, 11) is 2.82. The molecule has 3 N–H and O–H groups in total. The fraction of sp³-hybridized carbons (Fsp3) is 0.270. The van der Waals surface area contributed by atoms with E-state index in [4.69, 9.17) is 26.8 Å². The molecule has 0 bridgehead atoms. The largest absolute Gasteiger partial charge is 0.502 e. The molecular weight excluding hydrogens is 650 g/mol. The van der Waals surface area contributed by atoms with Gasteiger partial charge in [-0.2, -0.15) is 4.90 Å². The molecule has 2 aliphatic heterocycles. The Kier molecular flexibility index (Phi) is 7.82. The fourth-order valence-electron chi connectivity index (χ4n) is 8.42. The van der Waals surface area contributed by atoms with Crippen LogP contribution in [-0.4, -0.2) is 53.9 Å². The SMILES string of the molecule is COc1cc(C=C[C@H]2C3=CC[C@@H]4C(=O)N(C(N)=O)C(=O)[C@@H]4[C@@H]3C[C@H]3C(=O)N(c4cccc(Cl)c4)C(=O)[C@@]23c2ccccc2)cc(OC)c1O. The number of nitrogens with zero attached hydrogens (tertiary/aromatic N) is 2. The molecule has 1 saturated carbocycles. The monoisotopic (exact) mass is 681 g/mol. The number of carbonyl (C=O) groups is 5. The average molecular weight is 682 g/mol. The van der Waals surface area contributed by atoms with Crippen LogP contribution in [-0.2, 0) is 24.6 Å². The first kappa shape index (κ1) is 32.1. The molecule has 6 atom stereocenters. The van der Waals surface area contributed by atoms with Crippen molar-refractivity contribution in [3.63, 3.8) is 0 Å². The van der Waals surface area contributed by atoms with Crippen LogP contribution in [0.25, 0.3) is 6.08 Å². The third kappa shape index (κ3) is 4.67. The molecule has 11 nitrogen and oxygen atoms in total. The lowest BCUT2D eigenvalue weighted by atomic mass is 9.50. The number of nitrogens with two attached hydrogens (primary N) is 1. The van der Waals surface area contributed by atoms with E-state index in [1.54, 1.807) is 54.6 Å². The zero-order valence-corrected chi connectivity index (χ0v) is 27.3. The van der Waals surface area contributed by atoms with Gasteiger partial charge in [-0.3, -0.25) is 19.2 Å². The van der Waals surface area contributed by atoms with Crippen LogP contribution in [0.4, 0.5) is 10.5 Å². The number of methoxy groups -OCH3 is 2. The maximum atomic E-state index is 15.1. The maximum Gasteiger partial charge on any atom is 0.328 e. The zero-order chi connectivity index (χ0) is 34.8. The van der Waals surface area contributed by atoms with Gasteiger partial charge in [0.1, 0.15) is 0 Å². The van der Waals surface area contributed by atoms with Gasteiger partial charge in [0.25, 0.3) is 0 Å². The number of urea groups is 1. The number of amides is 6. The minimum atomic E-state index is -1.47. The van der Waals surface area contributed by atoms with Crippen molar-refractivity contribution >= 4 is 53.0 Å². The van der Waals surface area contributed by atoms with E-state index in [1.165, 1.54) is 19.1 Å². The van der Waals surface area contributed by atoms with Crippen LogP contribution in [0.5, 0.6) is 17.2 Å². The van der Waals surface area contributed by atoms with Crippen molar-refractivity contribution in [3.8, 4) is 17.2 Å². The van der Waals surface area contributed by atoms with E-state index in [1.807, 2.05) is 30.4 Å². The summed E-state index contributed by atoms with van der Waals surface area (Å²) in [4.78, 5) is 70.8. The summed E-state index contributed by atoms with van der Waals surface area (Å²) in [6.45, 7) is 0. The molecule has 0 spiro atoms. The Hall–Kier alpha value is -5.42. The molecule has 3 fully saturated rings. The standard InChI is InChI=1S/C37H32ClN3O8/c1-48-28-15-19(16-29(49-2)31(28)42)11-14-26-23-12-13-24-30(34(45)41(32(24)43)36(39)47)25(23)18-27-33(44)40(22-10-6-9-21(38)17-22)35(46)37(26,27)20-7-4-3-5-8-20/h3-12,14-17,24-27,30,42H,13,18H2,1-2H3,(H2,39,47)/t24-,25+,26-,27-,30-,37-/m0/s1. The van der Waals surface area contributed by atoms with Crippen LogP contribution < -0.4 is 20.1 Å². The predicted molar refractivity (Wildman–Crippen MR) is 179 cm³/mol. The first-order valence-corrected chi connectivity index (χ1v) is 16.1. The number of carbonyl (C=O) groups excluding carboxylic acids is 5. The number of fused-ring (bicyclic) bond motifs is 4. The topological polar surface area (TPSA) is 157 Å². The van der Waals surface area contributed by atoms with Crippen molar-refractivity contribution in [2.24, 2.45) is 35.3 Å². The lowest BCUT2D eigenvalue weighted by molar-refractivity contribution is -0.136. The van der Waals surface area contributed by atoms with Crippen LogP contribution in [0.2, 0.25) is 5.02 Å². The van der Waals surface area contributed by atoms with E-state index in [2.05, 4.69) is 0 Å². The summed E-state index contributed by atoms with van der Waals surface area (Å²) in [5.41, 5.74) is 6.20. The van der Waals surface area contributed by atoms with Gasteiger partial charge in [-0.05, 0) is 60.2 Å². The Balaban J connectivity index is 1.46. The molecule has 0 aromatic heterocycles. The van der Waals surface area contributed by atoms with Gasteiger partial charge in [-0.1, -0.05) is 71.8 Å². The van der Waals surface area contributed by atoms with E-state index >= 15 is 4.79 Å². The quantitative estimate of drug-likeness (QED) is 0.276.